The van der Waals surface area contributed by atoms with Gasteiger partial charge in [-0.2, -0.15) is 5.10 Å². The number of aryl methyl sites for hydroxylation is 2. The lowest BCUT2D eigenvalue weighted by Crippen LogP contribution is -2.35. The average Bonchev–Trinajstić information content (AvgIpc) is 3.16. The van der Waals surface area contributed by atoms with E-state index in [1.54, 1.807) is 11.0 Å². The molecule has 0 spiro atoms. The van der Waals surface area contributed by atoms with Gasteiger partial charge < -0.3 is 5.32 Å². The lowest BCUT2D eigenvalue weighted by atomic mass is 10.0. The molecule has 1 N–H and O–H groups in total. The van der Waals surface area contributed by atoms with Crippen LogP contribution in [-0.4, -0.2) is 36.7 Å². The molecule has 0 bridgehead atoms. The summed E-state index contributed by atoms with van der Waals surface area (Å²) in [5.74, 6) is 0.635. The highest BCUT2D eigenvalue weighted by Crippen LogP contribution is 2.23. The highest BCUT2D eigenvalue weighted by Gasteiger charge is 2.12. The minimum atomic E-state index is -0.109. The van der Waals surface area contributed by atoms with Gasteiger partial charge in [0.1, 0.15) is 18.5 Å². The monoisotopic (exact) mass is 364 g/mol. The second-order valence-electron chi connectivity index (χ2n) is 6.61. The molecule has 27 heavy (non-hydrogen) atoms. The molecule has 2 aromatic heterocycles. The number of benzene rings is 1. The summed E-state index contributed by atoms with van der Waals surface area (Å²) < 4.78 is 1.70. The summed E-state index contributed by atoms with van der Waals surface area (Å²) in [6.45, 7) is 6.54. The molecule has 0 saturated heterocycles. The third-order valence-electron chi connectivity index (χ3n) is 4.23. The van der Waals surface area contributed by atoms with Gasteiger partial charge in [-0.1, -0.05) is 25.5 Å². The second kappa shape index (κ2) is 8.53. The van der Waals surface area contributed by atoms with Crippen LogP contribution in [0.4, 0.5) is 0 Å². The number of hydrogen-bond acceptors (Lipinski definition) is 5. The van der Waals surface area contributed by atoms with Crippen LogP contribution >= 0.6 is 0 Å². The molecular weight excluding hydrogens is 340 g/mol. The van der Waals surface area contributed by atoms with Gasteiger partial charge >= 0.3 is 0 Å². The lowest BCUT2D eigenvalue weighted by Gasteiger charge is -2.14. The number of rotatable bonds is 7. The van der Waals surface area contributed by atoms with Gasteiger partial charge in [-0.15, -0.1) is 0 Å². The summed E-state index contributed by atoms with van der Waals surface area (Å²) in [5, 5.41) is 7.04. The van der Waals surface area contributed by atoms with E-state index >= 15 is 0 Å². The Hall–Kier alpha value is -3.09. The van der Waals surface area contributed by atoms with E-state index in [4.69, 9.17) is 0 Å². The van der Waals surface area contributed by atoms with Crippen LogP contribution in [0.1, 0.15) is 42.0 Å². The van der Waals surface area contributed by atoms with Gasteiger partial charge in [0.2, 0.25) is 0 Å². The Bertz CT molecular complexity index is 889. The fraction of sp³-hybridized carbons (Fsp3) is 0.350. The summed E-state index contributed by atoms with van der Waals surface area (Å²) in [6.07, 6.45) is 6.97. The molecule has 0 fully saturated rings. The molecule has 1 atom stereocenters. The molecular formula is C20H24N6O. The lowest BCUT2D eigenvalue weighted by molar-refractivity contribution is 0.0936. The topological polar surface area (TPSA) is 85.6 Å². The fourth-order valence-corrected chi connectivity index (χ4v) is 2.94. The van der Waals surface area contributed by atoms with Crippen LogP contribution in [0, 0.1) is 6.92 Å². The third-order valence-corrected chi connectivity index (χ3v) is 4.23. The minimum Gasteiger partial charge on any atom is -0.348 e. The number of hydrogen-bond donors (Lipinski definition) is 1. The Morgan fingerprint density at radius 3 is 2.70 bits per heavy atom. The van der Waals surface area contributed by atoms with Crippen LogP contribution in [0.2, 0.25) is 0 Å². The molecule has 140 valence electrons. The summed E-state index contributed by atoms with van der Waals surface area (Å²) in [7, 11) is 0. The number of aromatic nitrogens is 5. The fourth-order valence-electron chi connectivity index (χ4n) is 2.94. The Morgan fingerprint density at radius 1 is 1.26 bits per heavy atom. The first kappa shape index (κ1) is 18.7. The van der Waals surface area contributed by atoms with Crippen molar-refractivity contribution in [2.75, 3.05) is 0 Å². The van der Waals surface area contributed by atoms with E-state index in [2.05, 4.69) is 32.3 Å². The molecule has 0 aliphatic heterocycles. The Labute approximate surface area is 158 Å². The van der Waals surface area contributed by atoms with Gasteiger partial charge in [0.25, 0.3) is 5.91 Å². The maximum absolute atomic E-state index is 12.5. The van der Waals surface area contributed by atoms with E-state index in [9.17, 15) is 4.79 Å². The highest BCUT2D eigenvalue weighted by atomic mass is 16.1. The first-order valence-electron chi connectivity index (χ1n) is 9.13. The third kappa shape index (κ3) is 4.75. The van der Waals surface area contributed by atoms with Gasteiger partial charge in [0.15, 0.2) is 0 Å². The quantitative estimate of drug-likeness (QED) is 0.697. The van der Waals surface area contributed by atoms with Crippen molar-refractivity contribution in [1.82, 2.24) is 30.0 Å². The SMILES string of the molecule is CCCc1cnc(C)nc1-c1ccc(C(=O)NC(C)Cn2cncn2)cc1. The molecule has 1 aromatic carbocycles. The first-order chi connectivity index (χ1) is 13.1. The smallest absolute Gasteiger partial charge is 0.251 e. The summed E-state index contributed by atoms with van der Waals surface area (Å²) in [5.41, 5.74) is 3.68. The molecule has 2 heterocycles. The van der Waals surface area contributed by atoms with Crippen LogP contribution in [0.15, 0.2) is 43.1 Å². The Balaban J connectivity index is 1.71. The zero-order valence-corrected chi connectivity index (χ0v) is 15.9. The molecule has 0 saturated carbocycles. The normalized spacial score (nSPS) is 12.0. The number of nitrogens with zero attached hydrogens (tertiary/aromatic N) is 5. The molecule has 1 amide bonds. The minimum absolute atomic E-state index is 0.0560. The summed E-state index contributed by atoms with van der Waals surface area (Å²) in [4.78, 5) is 25.3. The van der Waals surface area contributed by atoms with Crippen molar-refractivity contribution in [3.8, 4) is 11.3 Å². The standard InChI is InChI=1S/C20H24N6O/c1-4-5-18-10-22-15(3)25-19(18)16-6-8-17(9-7-16)20(27)24-14(2)11-26-13-21-12-23-26/h6-10,12-14H,4-5,11H2,1-3H3,(H,24,27). The van der Waals surface area contributed by atoms with Crippen LogP contribution in [0.3, 0.4) is 0 Å². The van der Waals surface area contributed by atoms with Crippen molar-refractivity contribution in [3.63, 3.8) is 0 Å². The average molecular weight is 364 g/mol. The molecule has 0 aliphatic rings. The zero-order valence-electron chi connectivity index (χ0n) is 15.9. The van der Waals surface area contributed by atoms with Crippen molar-refractivity contribution in [2.24, 2.45) is 0 Å². The van der Waals surface area contributed by atoms with Crippen molar-refractivity contribution in [2.45, 2.75) is 46.2 Å². The molecule has 7 heteroatoms. The van der Waals surface area contributed by atoms with Gasteiger partial charge in [0, 0.05) is 23.4 Å². The molecule has 0 aliphatic carbocycles. The number of carbonyl (C=O) groups excluding carboxylic acids is 1. The second-order valence-corrected chi connectivity index (χ2v) is 6.61. The molecule has 3 aromatic rings. The van der Waals surface area contributed by atoms with E-state index in [1.165, 1.54) is 6.33 Å². The van der Waals surface area contributed by atoms with Crippen LogP contribution in [0.25, 0.3) is 11.3 Å². The van der Waals surface area contributed by atoms with Crippen molar-refractivity contribution >= 4 is 5.91 Å². The number of amides is 1. The maximum atomic E-state index is 12.5. The van der Waals surface area contributed by atoms with E-state index in [-0.39, 0.29) is 11.9 Å². The Kier molecular flexibility index (Phi) is 5.90. The molecule has 0 radical (unpaired) electrons. The van der Waals surface area contributed by atoms with Gasteiger partial charge in [-0.25, -0.2) is 15.0 Å². The number of nitrogens with one attached hydrogen (secondary N) is 1. The van der Waals surface area contributed by atoms with E-state index in [0.717, 1.165) is 35.5 Å². The van der Waals surface area contributed by atoms with Crippen molar-refractivity contribution in [3.05, 3.63) is 60.1 Å². The van der Waals surface area contributed by atoms with Gasteiger partial charge in [-0.3, -0.25) is 9.48 Å². The maximum Gasteiger partial charge on any atom is 0.251 e. The largest absolute Gasteiger partial charge is 0.348 e. The van der Waals surface area contributed by atoms with E-state index in [1.807, 2.05) is 44.3 Å². The predicted octanol–water partition coefficient (Wildman–Crippen LogP) is 2.81. The van der Waals surface area contributed by atoms with E-state index in [0.29, 0.717) is 12.1 Å². The van der Waals surface area contributed by atoms with Crippen LogP contribution < -0.4 is 5.32 Å². The summed E-state index contributed by atoms with van der Waals surface area (Å²) in [6, 6.07) is 7.50. The van der Waals surface area contributed by atoms with Crippen molar-refractivity contribution in [1.29, 1.82) is 0 Å². The van der Waals surface area contributed by atoms with Crippen LogP contribution in [0.5, 0.6) is 0 Å². The molecule has 3 rings (SSSR count). The van der Waals surface area contributed by atoms with Crippen LogP contribution in [-0.2, 0) is 13.0 Å². The Morgan fingerprint density at radius 2 is 2.04 bits per heavy atom. The van der Waals surface area contributed by atoms with E-state index < -0.39 is 0 Å². The van der Waals surface area contributed by atoms with Gasteiger partial charge in [0.05, 0.1) is 12.2 Å². The zero-order chi connectivity index (χ0) is 19.2. The highest BCUT2D eigenvalue weighted by molar-refractivity contribution is 5.94. The number of carbonyl (C=O) groups is 1. The predicted molar refractivity (Wildman–Crippen MR) is 103 cm³/mol. The molecule has 7 nitrogen and oxygen atoms in total. The first-order valence-corrected chi connectivity index (χ1v) is 9.13. The van der Waals surface area contributed by atoms with Gasteiger partial charge in [-0.05, 0) is 38.0 Å². The summed E-state index contributed by atoms with van der Waals surface area (Å²) >= 11 is 0. The molecule has 1 unspecified atom stereocenters. The van der Waals surface area contributed by atoms with Crippen molar-refractivity contribution < 1.29 is 4.79 Å².